The third-order valence-corrected chi connectivity index (χ3v) is 6.10. The van der Waals surface area contributed by atoms with Crippen molar-refractivity contribution in [1.82, 2.24) is 30.4 Å². The molecule has 0 saturated carbocycles. The molecule has 0 unspecified atom stereocenters. The average Bonchev–Trinajstić information content (AvgIpc) is 3.38. The smallest absolute Gasteiger partial charge is 0.261 e. The molecule has 0 radical (unpaired) electrons. The number of hydrogen-bond donors (Lipinski definition) is 3. The first-order valence-electron chi connectivity index (χ1n) is 11.7. The minimum atomic E-state index is -0.391. The topological polar surface area (TPSA) is 143 Å². The predicted octanol–water partition coefficient (Wildman–Crippen LogP) is 0.235. The third kappa shape index (κ3) is 4.88. The van der Waals surface area contributed by atoms with Crippen LogP contribution in [0, 0.1) is 0 Å². The maximum atomic E-state index is 12.8. The molecule has 1 aromatic heterocycles. The number of ether oxygens (including phenoxy) is 2. The summed E-state index contributed by atoms with van der Waals surface area (Å²) < 4.78 is 11.8. The second kappa shape index (κ2) is 10.2. The van der Waals surface area contributed by atoms with Crippen LogP contribution >= 0.6 is 0 Å². The minimum absolute atomic E-state index is 0.102. The maximum absolute atomic E-state index is 12.8. The molecule has 1 amide bonds. The highest BCUT2D eigenvalue weighted by atomic mass is 16.5. The standard InChI is InChI=1S/C23H29N9O3/c1-34-19-17(35-12-2-8-31-9-5-25-6-10-31)4-3-16-18(19)29-23(32-11-7-26-20(16)32)30-21(33)15-13-27-22(24)28-14-15/h3-4,13-14,25H,2,5-12H2,1H3,(H2,24,27,28)(H,29,30,33). The molecule has 5 rings (SSSR count). The van der Waals surface area contributed by atoms with E-state index in [0.717, 1.165) is 50.5 Å². The molecule has 1 fully saturated rings. The fourth-order valence-electron chi connectivity index (χ4n) is 4.33. The lowest BCUT2D eigenvalue weighted by Crippen LogP contribution is -2.47. The number of methoxy groups -OCH3 is 1. The van der Waals surface area contributed by atoms with E-state index in [1.807, 2.05) is 17.0 Å². The number of amides is 1. The van der Waals surface area contributed by atoms with Crippen molar-refractivity contribution in [3.05, 3.63) is 35.7 Å². The fraction of sp³-hybridized carbons (Fsp3) is 0.435. The van der Waals surface area contributed by atoms with Gasteiger partial charge < -0.3 is 25.4 Å². The van der Waals surface area contributed by atoms with Crippen LogP contribution < -0.4 is 25.8 Å². The van der Waals surface area contributed by atoms with Crippen LogP contribution in [0.5, 0.6) is 11.5 Å². The van der Waals surface area contributed by atoms with Gasteiger partial charge in [-0.05, 0) is 18.6 Å². The predicted molar refractivity (Wildman–Crippen MR) is 132 cm³/mol. The molecule has 4 heterocycles. The van der Waals surface area contributed by atoms with Crippen LogP contribution in [0.2, 0.25) is 0 Å². The Kier molecular flexibility index (Phi) is 6.73. The number of aliphatic imine (C=N–C) groups is 2. The Morgan fingerprint density at radius 1 is 1.20 bits per heavy atom. The molecule has 184 valence electrons. The quantitative estimate of drug-likeness (QED) is 0.476. The first-order valence-corrected chi connectivity index (χ1v) is 11.7. The highest BCUT2D eigenvalue weighted by molar-refractivity contribution is 6.20. The highest BCUT2D eigenvalue weighted by Crippen LogP contribution is 2.43. The number of piperazine rings is 1. The van der Waals surface area contributed by atoms with E-state index in [2.05, 4.69) is 30.5 Å². The summed E-state index contributed by atoms with van der Waals surface area (Å²) >= 11 is 0. The molecule has 3 aliphatic rings. The van der Waals surface area contributed by atoms with Gasteiger partial charge in [0.15, 0.2) is 11.5 Å². The zero-order valence-corrected chi connectivity index (χ0v) is 19.7. The number of amidine groups is 1. The molecule has 35 heavy (non-hydrogen) atoms. The van der Waals surface area contributed by atoms with Crippen LogP contribution in [0.1, 0.15) is 22.3 Å². The number of fused-ring (bicyclic) bond motifs is 3. The van der Waals surface area contributed by atoms with Crippen LogP contribution in [0.4, 0.5) is 11.6 Å². The van der Waals surface area contributed by atoms with Crippen molar-refractivity contribution in [2.24, 2.45) is 9.98 Å². The molecule has 1 aromatic carbocycles. The zero-order valence-electron chi connectivity index (χ0n) is 19.7. The summed E-state index contributed by atoms with van der Waals surface area (Å²) in [5, 5.41) is 6.22. The first-order chi connectivity index (χ1) is 17.1. The Bertz CT molecular complexity index is 1140. The van der Waals surface area contributed by atoms with Crippen molar-refractivity contribution in [1.29, 1.82) is 0 Å². The zero-order chi connectivity index (χ0) is 24.2. The van der Waals surface area contributed by atoms with Gasteiger partial charge in [-0.2, -0.15) is 0 Å². The van der Waals surface area contributed by atoms with E-state index in [-0.39, 0.29) is 11.5 Å². The molecule has 12 nitrogen and oxygen atoms in total. The summed E-state index contributed by atoms with van der Waals surface area (Å²) in [5.41, 5.74) is 7.22. The van der Waals surface area contributed by atoms with Crippen LogP contribution in [0.3, 0.4) is 0 Å². The van der Waals surface area contributed by atoms with E-state index in [1.165, 1.54) is 12.4 Å². The lowest BCUT2D eigenvalue weighted by atomic mass is 10.1. The van der Waals surface area contributed by atoms with Gasteiger partial charge in [0.25, 0.3) is 5.91 Å². The number of rotatable bonds is 7. The number of nitrogens with zero attached hydrogens (tertiary/aromatic N) is 6. The van der Waals surface area contributed by atoms with Gasteiger partial charge in [0, 0.05) is 57.2 Å². The molecule has 0 spiro atoms. The molecule has 1 saturated heterocycles. The summed E-state index contributed by atoms with van der Waals surface area (Å²) in [6.45, 7) is 6.95. The van der Waals surface area contributed by atoms with E-state index in [1.54, 1.807) is 7.11 Å². The lowest BCUT2D eigenvalue weighted by molar-refractivity contribution is 0.0973. The van der Waals surface area contributed by atoms with Gasteiger partial charge in [-0.3, -0.25) is 20.0 Å². The normalized spacial score (nSPS) is 17.2. The lowest BCUT2D eigenvalue weighted by Gasteiger charge is -2.29. The number of carbonyl (C=O) groups excluding carboxylic acids is 1. The second-order valence-electron chi connectivity index (χ2n) is 8.36. The Morgan fingerprint density at radius 3 is 2.77 bits per heavy atom. The molecule has 3 aliphatic heterocycles. The van der Waals surface area contributed by atoms with Crippen molar-refractivity contribution in [2.75, 3.05) is 65.3 Å². The highest BCUT2D eigenvalue weighted by Gasteiger charge is 2.33. The number of benzene rings is 1. The summed E-state index contributed by atoms with van der Waals surface area (Å²) in [4.78, 5) is 34.3. The van der Waals surface area contributed by atoms with E-state index in [9.17, 15) is 4.79 Å². The Morgan fingerprint density at radius 2 is 2.00 bits per heavy atom. The number of nitrogens with one attached hydrogen (secondary N) is 2. The Balaban J connectivity index is 1.35. The number of hydrogen-bond acceptors (Lipinski definition) is 11. The molecule has 0 aliphatic carbocycles. The SMILES string of the molecule is COc1c(OCCCN2CCNCC2)ccc2c1N=C(NC(=O)c1cnc(N)nc1)N1CCN=C21. The number of anilines is 1. The molecular formula is C23H29N9O3. The van der Waals surface area contributed by atoms with Crippen molar-refractivity contribution in [2.45, 2.75) is 6.42 Å². The van der Waals surface area contributed by atoms with E-state index in [4.69, 9.17) is 20.2 Å². The number of nitrogens with two attached hydrogens (primary N) is 1. The van der Waals surface area contributed by atoms with Gasteiger partial charge >= 0.3 is 0 Å². The van der Waals surface area contributed by atoms with Gasteiger partial charge in [0.2, 0.25) is 11.9 Å². The van der Waals surface area contributed by atoms with Crippen LogP contribution in [0.25, 0.3) is 0 Å². The second-order valence-corrected chi connectivity index (χ2v) is 8.36. The van der Waals surface area contributed by atoms with Gasteiger partial charge in [0.1, 0.15) is 11.5 Å². The molecule has 0 atom stereocenters. The minimum Gasteiger partial charge on any atom is -0.491 e. The molecule has 0 bridgehead atoms. The van der Waals surface area contributed by atoms with Crippen molar-refractivity contribution < 1.29 is 14.3 Å². The van der Waals surface area contributed by atoms with Crippen LogP contribution in [0.15, 0.2) is 34.5 Å². The molecule has 2 aromatic rings. The molecular weight excluding hydrogens is 450 g/mol. The summed E-state index contributed by atoms with van der Waals surface area (Å²) in [7, 11) is 1.59. The maximum Gasteiger partial charge on any atom is 0.261 e. The van der Waals surface area contributed by atoms with Crippen molar-refractivity contribution in [3.63, 3.8) is 0 Å². The van der Waals surface area contributed by atoms with E-state index >= 15 is 0 Å². The van der Waals surface area contributed by atoms with Gasteiger partial charge in [-0.25, -0.2) is 15.0 Å². The average molecular weight is 480 g/mol. The molecule has 12 heteroatoms. The van der Waals surface area contributed by atoms with E-state index < -0.39 is 5.91 Å². The van der Waals surface area contributed by atoms with Crippen LogP contribution in [-0.2, 0) is 0 Å². The number of carbonyl (C=O) groups is 1. The third-order valence-electron chi connectivity index (χ3n) is 6.10. The summed E-state index contributed by atoms with van der Waals surface area (Å²) in [6, 6.07) is 3.84. The molecule has 4 N–H and O–H groups in total. The van der Waals surface area contributed by atoms with Gasteiger partial charge in [-0.1, -0.05) is 0 Å². The monoisotopic (exact) mass is 479 g/mol. The van der Waals surface area contributed by atoms with E-state index in [0.29, 0.717) is 42.8 Å². The Hall–Kier alpha value is -3.77. The van der Waals surface area contributed by atoms with Crippen molar-refractivity contribution >= 4 is 29.3 Å². The van der Waals surface area contributed by atoms with Gasteiger partial charge in [-0.15, -0.1) is 0 Å². The Labute approximate surface area is 203 Å². The number of guanidine groups is 1. The van der Waals surface area contributed by atoms with Crippen molar-refractivity contribution in [3.8, 4) is 11.5 Å². The largest absolute Gasteiger partial charge is 0.491 e. The summed E-state index contributed by atoms with van der Waals surface area (Å²) in [6.07, 6.45) is 3.66. The first kappa shape index (κ1) is 23.0. The number of nitrogen functional groups attached to an aromatic ring is 1. The summed E-state index contributed by atoms with van der Waals surface area (Å²) in [5.74, 6) is 1.94. The van der Waals surface area contributed by atoms with Gasteiger partial charge in [0.05, 0.1) is 25.8 Å². The number of aromatic nitrogens is 2. The van der Waals surface area contributed by atoms with Crippen LogP contribution in [-0.4, -0.2) is 97.0 Å². The fourth-order valence-corrected chi connectivity index (χ4v) is 4.33.